The van der Waals surface area contributed by atoms with E-state index >= 15 is 0 Å². The molecule has 0 atom stereocenters. The number of benzene rings is 1. The van der Waals surface area contributed by atoms with E-state index in [1.807, 2.05) is 0 Å². The van der Waals surface area contributed by atoms with Gasteiger partial charge in [-0.15, -0.1) is 0 Å². The Morgan fingerprint density at radius 3 is 2.33 bits per heavy atom. The second kappa shape index (κ2) is 4.81. The van der Waals surface area contributed by atoms with E-state index < -0.39 is 11.7 Å². The highest BCUT2D eigenvalue weighted by Gasteiger charge is 2.29. The molecular formula is C12H11F3N2O. The topological polar surface area (TPSA) is 38.0 Å². The highest BCUT2D eigenvalue weighted by atomic mass is 19.4. The minimum atomic E-state index is -4.32. The molecule has 0 bridgehead atoms. The lowest BCUT2D eigenvalue weighted by atomic mass is 10.1. The fourth-order valence-corrected chi connectivity index (χ4v) is 1.57. The fraction of sp³-hybridized carbons (Fsp3) is 0.250. The minimum absolute atomic E-state index is 0.0336. The highest BCUT2D eigenvalue weighted by molar-refractivity contribution is 5.58. The first-order valence-electron chi connectivity index (χ1n) is 5.32. The maximum atomic E-state index is 12.4. The van der Waals surface area contributed by atoms with E-state index in [0.717, 1.165) is 12.1 Å². The Morgan fingerprint density at radius 2 is 1.78 bits per heavy atom. The third-order valence-electron chi connectivity index (χ3n) is 2.48. The van der Waals surface area contributed by atoms with Gasteiger partial charge in [-0.05, 0) is 18.2 Å². The van der Waals surface area contributed by atoms with Crippen LogP contribution in [-0.2, 0) is 12.7 Å². The molecule has 1 aromatic carbocycles. The standard InChI is InChI=1S/C12H11F3N2O/c13-12(14,15)10-3-1-9(2-4-10)11-5-6-17(16-11)7-8-18/h1-6,18H,7-8H2. The Morgan fingerprint density at radius 1 is 1.11 bits per heavy atom. The molecule has 2 aromatic rings. The predicted octanol–water partition coefficient (Wildman–Crippen LogP) is 2.56. The van der Waals surface area contributed by atoms with Gasteiger partial charge in [-0.3, -0.25) is 4.68 Å². The fourth-order valence-electron chi connectivity index (χ4n) is 1.57. The summed E-state index contributed by atoms with van der Waals surface area (Å²) in [7, 11) is 0. The molecule has 0 aliphatic carbocycles. The van der Waals surface area contributed by atoms with Crippen LogP contribution < -0.4 is 0 Å². The zero-order valence-electron chi connectivity index (χ0n) is 9.35. The lowest BCUT2D eigenvalue weighted by Gasteiger charge is -2.06. The van der Waals surface area contributed by atoms with Gasteiger partial charge >= 0.3 is 6.18 Å². The lowest BCUT2D eigenvalue weighted by Crippen LogP contribution is -2.04. The zero-order valence-corrected chi connectivity index (χ0v) is 9.35. The van der Waals surface area contributed by atoms with Gasteiger partial charge < -0.3 is 5.11 Å². The first kappa shape index (κ1) is 12.6. The highest BCUT2D eigenvalue weighted by Crippen LogP contribution is 2.30. The van der Waals surface area contributed by atoms with E-state index in [0.29, 0.717) is 17.8 Å². The van der Waals surface area contributed by atoms with Gasteiger partial charge in [0.1, 0.15) is 0 Å². The molecule has 1 heterocycles. The second-order valence-electron chi connectivity index (χ2n) is 3.76. The normalized spacial score (nSPS) is 11.8. The predicted molar refractivity (Wildman–Crippen MR) is 59.8 cm³/mol. The van der Waals surface area contributed by atoms with E-state index in [4.69, 9.17) is 5.11 Å². The van der Waals surface area contributed by atoms with E-state index in [9.17, 15) is 13.2 Å². The van der Waals surface area contributed by atoms with E-state index in [-0.39, 0.29) is 6.61 Å². The monoisotopic (exact) mass is 256 g/mol. The first-order chi connectivity index (χ1) is 8.50. The third-order valence-corrected chi connectivity index (χ3v) is 2.48. The van der Waals surface area contributed by atoms with Crippen molar-refractivity contribution in [3.63, 3.8) is 0 Å². The quantitative estimate of drug-likeness (QED) is 0.916. The molecule has 0 unspecified atom stereocenters. The van der Waals surface area contributed by atoms with Crippen molar-refractivity contribution in [2.75, 3.05) is 6.61 Å². The smallest absolute Gasteiger partial charge is 0.394 e. The number of rotatable bonds is 3. The van der Waals surface area contributed by atoms with Crippen LogP contribution in [0.25, 0.3) is 11.3 Å². The molecule has 0 saturated carbocycles. The number of aliphatic hydroxyl groups is 1. The average molecular weight is 256 g/mol. The molecule has 0 radical (unpaired) electrons. The first-order valence-corrected chi connectivity index (χ1v) is 5.32. The van der Waals surface area contributed by atoms with E-state index in [2.05, 4.69) is 5.10 Å². The molecule has 0 saturated heterocycles. The summed E-state index contributed by atoms with van der Waals surface area (Å²) in [6, 6.07) is 6.52. The zero-order chi connectivity index (χ0) is 13.2. The Bertz CT molecular complexity index is 517. The summed E-state index contributed by atoms with van der Waals surface area (Å²) in [5.41, 5.74) is 0.512. The van der Waals surface area contributed by atoms with Gasteiger partial charge in [0.15, 0.2) is 0 Å². The van der Waals surface area contributed by atoms with Crippen LogP contribution in [0.15, 0.2) is 36.5 Å². The molecule has 96 valence electrons. The molecule has 0 spiro atoms. The number of aliphatic hydroxyl groups excluding tert-OH is 1. The molecule has 3 nitrogen and oxygen atoms in total. The van der Waals surface area contributed by atoms with Gasteiger partial charge in [0.25, 0.3) is 0 Å². The molecule has 18 heavy (non-hydrogen) atoms. The molecule has 6 heteroatoms. The number of alkyl halides is 3. The maximum absolute atomic E-state index is 12.4. The van der Waals surface area contributed by atoms with Gasteiger partial charge in [0.2, 0.25) is 0 Å². The maximum Gasteiger partial charge on any atom is 0.416 e. The summed E-state index contributed by atoms with van der Waals surface area (Å²) >= 11 is 0. The summed E-state index contributed by atoms with van der Waals surface area (Å²) in [5, 5.41) is 12.9. The Kier molecular flexibility index (Phi) is 3.38. The molecular weight excluding hydrogens is 245 g/mol. The van der Waals surface area contributed by atoms with E-state index in [1.165, 1.54) is 16.8 Å². The van der Waals surface area contributed by atoms with Gasteiger partial charge in [0.05, 0.1) is 24.4 Å². The summed E-state index contributed by atoms with van der Waals surface area (Å²) in [6.45, 7) is 0.328. The molecule has 2 rings (SSSR count). The third kappa shape index (κ3) is 2.70. The summed E-state index contributed by atoms with van der Waals surface area (Å²) in [4.78, 5) is 0. The number of hydrogen-bond donors (Lipinski definition) is 1. The van der Waals surface area contributed by atoms with Gasteiger partial charge in [0, 0.05) is 11.8 Å². The van der Waals surface area contributed by atoms with Crippen molar-refractivity contribution in [3.8, 4) is 11.3 Å². The van der Waals surface area contributed by atoms with Crippen molar-refractivity contribution in [1.82, 2.24) is 9.78 Å². The summed E-state index contributed by atoms with van der Waals surface area (Å²) in [6.07, 6.45) is -2.65. The van der Waals surface area contributed by atoms with Crippen molar-refractivity contribution >= 4 is 0 Å². The molecule has 1 aromatic heterocycles. The van der Waals surface area contributed by atoms with Crippen LogP contribution in [0.3, 0.4) is 0 Å². The van der Waals surface area contributed by atoms with Crippen LogP contribution in [0.5, 0.6) is 0 Å². The minimum Gasteiger partial charge on any atom is -0.394 e. The van der Waals surface area contributed by atoms with Crippen LogP contribution in [0, 0.1) is 0 Å². The lowest BCUT2D eigenvalue weighted by molar-refractivity contribution is -0.137. The molecule has 1 N–H and O–H groups in total. The Hall–Kier alpha value is -1.82. The SMILES string of the molecule is OCCn1ccc(-c2ccc(C(F)(F)F)cc2)n1. The van der Waals surface area contributed by atoms with Crippen molar-refractivity contribution in [1.29, 1.82) is 0 Å². The van der Waals surface area contributed by atoms with Crippen molar-refractivity contribution in [2.45, 2.75) is 12.7 Å². The molecule has 0 amide bonds. The van der Waals surface area contributed by atoms with Crippen LogP contribution in [0.2, 0.25) is 0 Å². The number of halogens is 3. The molecule has 0 aliphatic rings. The van der Waals surface area contributed by atoms with Crippen molar-refractivity contribution < 1.29 is 18.3 Å². The van der Waals surface area contributed by atoms with Crippen molar-refractivity contribution in [2.24, 2.45) is 0 Å². The second-order valence-corrected chi connectivity index (χ2v) is 3.76. The van der Waals surface area contributed by atoms with Crippen LogP contribution in [-0.4, -0.2) is 21.5 Å². The Balaban J connectivity index is 2.23. The number of aromatic nitrogens is 2. The van der Waals surface area contributed by atoms with Gasteiger partial charge in [-0.2, -0.15) is 18.3 Å². The van der Waals surface area contributed by atoms with Gasteiger partial charge in [-0.25, -0.2) is 0 Å². The number of nitrogens with zero attached hydrogens (tertiary/aromatic N) is 2. The van der Waals surface area contributed by atoms with Gasteiger partial charge in [-0.1, -0.05) is 12.1 Å². The summed E-state index contributed by atoms with van der Waals surface area (Å²) < 4.78 is 38.7. The van der Waals surface area contributed by atoms with Crippen LogP contribution in [0.1, 0.15) is 5.56 Å². The van der Waals surface area contributed by atoms with Crippen LogP contribution >= 0.6 is 0 Å². The largest absolute Gasteiger partial charge is 0.416 e. The Labute approximate surface area is 101 Å². The van der Waals surface area contributed by atoms with Crippen molar-refractivity contribution in [3.05, 3.63) is 42.1 Å². The average Bonchev–Trinajstić information content (AvgIpc) is 2.77. The number of hydrogen-bond acceptors (Lipinski definition) is 2. The van der Waals surface area contributed by atoms with E-state index in [1.54, 1.807) is 12.3 Å². The summed E-state index contributed by atoms with van der Waals surface area (Å²) in [5.74, 6) is 0. The van der Waals surface area contributed by atoms with Crippen LogP contribution in [0.4, 0.5) is 13.2 Å². The molecule has 0 aliphatic heterocycles. The molecule has 0 fully saturated rings.